The monoisotopic (exact) mass is 293 g/mol. The molecule has 0 aliphatic carbocycles. The second kappa shape index (κ2) is 5.66. The Labute approximate surface area is 122 Å². The average Bonchev–Trinajstić information content (AvgIpc) is 2.96. The maximum Gasteiger partial charge on any atom is 0.321 e. The minimum Gasteiger partial charge on any atom is -0.464 e. The summed E-state index contributed by atoms with van der Waals surface area (Å²) in [6.45, 7) is 8.05. The number of aryl methyl sites for hydroxylation is 1. The van der Waals surface area contributed by atoms with E-state index in [1.54, 1.807) is 6.20 Å². The second-order valence-corrected chi connectivity index (χ2v) is 6.58. The van der Waals surface area contributed by atoms with Crippen LogP contribution >= 0.6 is 11.3 Å². The van der Waals surface area contributed by atoms with Crippen LogP contribution in [0.15, 0.2) is 28.1 Å². The number of carbonyl (C=O) groups is 1. The van der Waals surface area contributed by atoms with Crippen molar-refractivity contribution >= 4 is 22.5 Å². The van der Waals surface area contributed by atoms with E-state index in [0.717, 1.165) is 11.5 Å². The third-order valence-corrected chi connectivity index (χ3v) is 3.53. The van der Waals surface area contributed by atoms with Gasteiger partial charge in [0.25, 0.3) is 0 Å². The molecule has 1 atom stereocenters. The summed E-state index contributed by atoms with van der Waals surface area (Å²) in [6.07, 6.45) is 1.65. The standard InChI is InChI=1S/C14H19N3O2S/c1-9-5-6-10(19-9)11(14(2,3)4)16-12(18)17-13-15-7-8-20-13/h5-8,11H,1-4H3,(H2,15,16,17,18)/t11-/m0/s1. The molecule has 6 heteroatoms. The molecule has 2 heterocycles. The Morgan fingerprint density at radius 1 is 1.40 bits per heavy atom. The van der Waals surface area contributed by atoms with Gasteiger partial charge in [-0.05, 0) is 24.5 Å². The van der Waals surface area contributed by atoms with E-state index in [0.29, 0.717) is 5.13 Å². The van der Waals surface area contributed by atoms with E-state index in [1.807, 2.05) is 24.4 Å². The van der Waals surface area contributed by atoms with Crippen molar-refractivity contribution in [2.75, 3.05) is 5.32 Å². The van der Waals surface area contributed by atoms with Crippen LogP contribution in [0.3, 0.4) is 0 Å². The van der Waals surface area contributed by atoms with Gasteiger partial charge in [0.2, 0.25) is 0 Å². The van der Waals surface area contributed by atoms with Gasteiger partial charge in [0.15, 0.2) is 5.13 Å². The first-order valence-electron chi connectivity index (χ1n) is 6.39. The highest BCUT2D eigenvalue weighted by Gasteiger charge is 2.30. The lowest BCUT2D eigenvalue weighted by molar-refractivity contribution is 0.215. The Kier molecular flexibility index (Phi) is 4.13. The van der Waals surface area contributed by atoms with Crippen molar-refractivity contribution in [3.05, 3.63) is 35.2 Å². The number of hydrogen-bond donors (Lipinski definition) is 2. The fourth-order valence-corrected chi connectivity index (χ4v) is 2.40. The number of hydrogen-bond acceptors (Lipinski definition) is 4. The molecule has 2 amide bonds. The van der Waals surface area contributed by atoms with Gasteiger partial charge >= 0.3 is 6.03 Å². The Bertz CT molecular complexity index is 570. The molecule has 0 saturated carbocycles. The number of urea groups is 1. The van der Waals surface area contributed by atoms with E-state index < -0.39 is 0 Å². The van der Waals surface area contributed by atoms with Crippen LogP contribution in [0.1, 0.15) is 38.3 Å². The molecule has 0 aromatic carbocycles. The van der Waals surface area contributed by atoms with Crippen LogP contribution in [0.5, 0.6) is 0 Å². The van der Waals surface area contributed by atoms with Crippen LogP contribution in [0.25, 0.3) is 0 Å². The van der Waals surface area contributed by atoms with Crippen molar-refractivity contribution in [1.82, 2.24) is 10.3 Å². The van der Waals surface area contributed by atoms with Gasteiger partial charge in [0.05, 0.1) is 6.04 Å². The van der Waals surface area contributed by atoms with Gasteiger partial charge < -0.3 is 9.73 Å². The third-order valence-electron chi connectivity index (χ3n) is 2.84. The molecular weight excluding hydrogens is 274 g/mol. The minimum atomic E-state index is -0.283. The Morgan fingerprint density at radius 3 is 2.65 bits per heavy atom. The van der Waals surface area contributed by atoms with Gasteiger partial charge in [0.1, 0.15) is 11.5 Å². The summed E-state index contributed by atoms with van der Waals surface area (Å²) < 4.78 is 5.65. The second-order valence-electron chi connectivity index (χ2n) is 5.68. The molecule has 108 valence electrons. The van der Waals surface area contributed by atoms with Crippen LogP contribution in [-0.2, 0) is 0 Å². The van der Waals surface area contributed by atoms with Gasteiger partial charge in [-0.1, -0.05) is 20.8 Å². The number of nitrogens with zero attached hydrogens (tertiary/aromatic N) is 1. The maximum atomic E-state index is 12.1. The number of thiazole rings is 1. The summed E-state index contributed by atoms with van der Waals surface area (Å²) in [5.41, 5.74) is -0.162. The zero-order valence-electron chi connectivity index (χ0n) is 12.1. The van der Waals surface area contributed by atoms with E-state index in [-0.39, 0.29) is 17.5 Å². The van der Waals surface area contributed by atoms with Crippen molar-refractivity contribution in [1.29, 1.82) is 0 Å². The highest BCUT2D eigenvalue weighted by Crippen LogP contribution is 2.33. The zero-order chi connectivity index (χ0) is 14.8. The van der Waals surface area contributed by atoms with Crippen LogP contribution < -0.4 is 10.6 Å². The predicted octanol–water partition coefficient (Wildman–Crippen LogP) is 3.95. The average molecular weight is 293 g/mol. The zero-order valence-corrected chi connectivity index (χ0v) is 12.9. The van der Waals surface area contributed by atoms with Crippen molar-refractivity contribution < 1.29 is 9.21 Å². The first-order valence-corrected chi connectivity index (χ1v) is 7.27. The first-order chi connectivity index (χ1) is 9.36. The van der Waals surface area contributed by atoms with E-state index >= 15 is 0 Å². The fraction of sp³-hybridized carbons (Fsp3) is 0.429. The van der Waals surface area contributed by atoms with Crippen molar-refractivity contribution in [3.63, 3.8) is 0 Å². The number of anilines is 1. The van der Waals surface area contributed by atoms with Gasteiger partial charge in [0, 0.05) is 11.6 Å². The van der Waals surface area contributed by atoms with Crippen molar-refractivity contribution in [2.45, 2.75) is 33.7 Å². The van der Waals surface area contributed by atoms with Crippen LogP contribution in [-0.4, -0.2) is 11.0 Å². The Balaban J connectivity index is 2.10. The molecule has 0 unspecified atom stereocenters. The molecule has 20 heavy (non-hydrogen) atoms. The third kappa shape index (κ3) is 3.60. The number of carbonyl (C=O) groups excluding carboxylic acids is 1. The smallest absolute Gasteiger partial charge is 0.321 e. The molecule has 0 aliphatic heterocycles. The molecule has 0 saturated heterocycles. The summed E-state index contributed by atoms with van der Waals surface area (Å²) in [7, 11) is 0. The molecule has 0 fully saturated rings. The predicted molar refractivity (Wildman–Crippen MR) is 79.9 cm³/mol. The lowest BCUT2D eigenvalue weighted by Crippen LogP contribution is -2.38. The van der Waals surface area contributed by atoms with Crippen LogP contribution in [0, 0.1) is 12.3 Å². The normalized spacial score (nSPS) is 13.0. The van der Waals surface area contributed by atoms with Gasteiger partial charge in [-0.25, -0.2) is 9.78 Å². The fourth-order valence-electron chi connectivity index (χ4n) is 1.87. The number of aromatic nitrogens is 1. The maximum absolute atomic E-state index is 12.1. The van der Waals surface area contributed by atoms with Crippen molar-refractivity contribution in [2.24, 2.45) is 5.41 Å². The van der Waals surface area contributed by atoms with Crippen molar-refractivity contribution in [3.8, 4) is 0 Å². The molecule has 2 rings (SSSR count). The summed E-state index contributed by atoms with van der Waals surface area (Å²) in [5, 5.41) is 8.05. The topological polar surface area (TPSA) is 67.2 Å². The number of nitrogens with one attached hydrogen (secondary N) is 2. The van der Waals surface area contributed by atoms with E-state index in [2.05, 4.69) is 36.4 Å². The van der Waals surface area contributed by atoms with Gasteiger partial charge in [-0.3, -0.25) is 5.32 Å². The SMILES string of the molecule is Cc1ccc([C@H](NC(=O)Nc2nccs2)C(C)(C)C)o1. The summed E-state index contributed by atoms with van der Waals surface area (Å²) in [4.78, 5) is 16.1. The Hall–Kier alpha value is -1.82. The van der Waals surface area contributed by atoms with E-state index in [9.17, 15) is 4.79 Å². The summed E-state index contributed by atoms with van der Waals surface area (Å²) in [5.74, 6) is 1.58. The quantitative estimate of drug-likeness (QED) is 0.900. The molecule has 0 aliphatic rings. The molecule has 0 radical (unpaired) electrons. The highest BCUT2D eigenvalue weighted by atomic mass is 32.1. The van der Waals surface area contributed by atoms with Crippen LogP contribution in [0.4, 0.5) is 9.93 Å². The molecular formula is C14H19N3O2S. The lowest BCUT2D eigenvalue weighted by atomic mass is 9.85. The molecule has 0 bridgehead atoms. The number of amides is 2. The van der Waals surface area contributed by atoms with E-state index in [1.165, 1.54) is 11.3 Å². The Morgan fingerprint density at radius 2 is 2.15 bits per heavy atom. The summed E-state index contributed by atoms with van der Waals surface area (Å²) in [6, 6.07) is 3.30. The largest absolute Gasteiger partial charge is 0.464 e. The molecule has 0 spiro atoms. The van der Waals surface area contributed by atoms with Gasteiger partial charge in [-0.2, -0.15) is 0 Å². The minimum absolute atomic E-state index is 0.162. The lowest BCUT2D eigenvalue weighted by Gasteiger charge is -2.29. The van der Waals surface area contributed by atoms with E-state index in [4.69, 9.17) is 4.42 Å². The molecule has 2 N–H and O–H groups in total. The molecule has 2 aromatic rings. The molecule has 2 aromatic heterocycles. The number of furan rings is 1. The summed E-state index contributed by atoms with van der Waals surface area (Å²) >= 11 is 1.38. The molecule has 5 nitrogen and oxygen atoms in total. The first kappa shape index (κ1) is 14.6. The van der Waals surface area contributed by atoms with Crippen LogP contribution in [0.2, 0.25) is 0 Å². The number of rotatable bonds is 3. The van der Waals surface area contributed by atoms with Gasteiger partial charge in [-0.15, -0.1) is 11.3 Å². The highest BCUT2D eigenvalue weighted by molar-refractivity contribution is 7.13.